The summed E-state index contributed by atoms with van der Waals surface area (Å²) >= 11 is 0. The molecule has 1 atom stereocenters. The SMILES string of the molecule is CCCC(O)CNCc1ccc(OC(F)F)c(F)c1. The van der Waals surface area contributed by atoms with Gasteiger partial charge in [-0.1, -0.05) is 19.4 Å². The monoisotopic (exact) mass is 277 g/mol. The molecule has 1 rings (SSSR count). The predicted octanol–water partition coefficient (Wildman–Crippen LogP) is 2.68. The molecule has 19 heavy (non-hydrogen) atoms. The van der Waals surface area contributed by atoms with Crippen molar-refractivity contribution < 1.29 is 23.0 Å². The van der Waals surface area contributed by atoms with Crippen molar-refractivity contribution in [2.45, 2.75) is 39.0 Å². The van der Waals surface area contributed by atoms with Crippen molar-refractivity contribution in [3.8, 4) is 5.75 Å². The molecule has 0 aliphatic carbocycles. The summed E-state index contributed by atoms with van der Waals surface area (Å²) in [6.07, 6.45) is 1.15. The van der Waals surface area contributed by atoms with Gasteiger partial charge < -0.3 is 15.2 Å². The maximum Gasteiger partial charge on any atom is 0.387 e. The number of nitrogens with one attached hydrogen (secondary N) is 1. The first-order chi connectivity index (χ1) is 9.02. The zero-order valence-electron chi connectivity index (χ0n) is 10.7. The topological polar surface area (TPSA) is 41.5 Å². The Balaban J connectivity index is 2.45. The van der Waals surface area contributed by atoms with Gasteiger partial charge in [0.05, 0.1) is 6.10 Å². The zero-order chi connectivity index (χ0) is 14.3. The highest BCUT2D eigenvalue weighted by Gasteiger charge is 2.10. The first-order valence-electron chi connectivity index (χ1n) is 6.15. The van der Waals surface area contributed by atoms with Crippen LogP contribution < -0.4 is 10.1 Å². The van der Waals surface area contributed by atoms with E-state index in [1.54, 1.807) is 0 Å². The summed E-state index contributed by atoms with van der Waals surface area (Å²) in [6.45, 7) is -0.305. The molecule has 0 amide bonds. The lowest BCUT2D eigenvalue weighted by Crippen LogP contribution is -2.26. The lowest BCUT2D eigenvalue weighted by Gasteiger charge is -2.11. The van der Waals surface area contributed by atoms with Crippen LogP contribution in [0.3, 0.4) is 0 Å². The van der Waals surface area contributed by atoms with Crippen molar-refractivity contribution in [1.29, 1.82) is 0 Å². The number of hydrogen-bond donors (Lipinski definition) is 2. The van der Waals surface area contributed by atoms with Crippen molar-refractivity contribution >= 4 is 0 Å². The number of alkyl halides is 2. The summed E-state index contributed by atoms with van der Waals surface area (Å²) in [4.78, 5) is 0. The molecule has 0 bridgehead atoms. The number of benzene rings is 1. The average Bonchev–Trinajstić information content (AvgIpc) is 2.32. The third-order valence-corrected chi connectivity index (χ3v) is 2.54. The number of aliphatic hydroxyl groups is 1. The van der Waals surface area contributed by atoms with Crippen molar-refractivity contribution in [3.63, 3.8) is 0 Å². The van der Waals surface area contributed by atoms with Crippen LogP contribution in [0.5, 0.6) is 5.75 Å². The second-order valence-electron chi connectivity index (χ2n) is 4.22. The Labute approximate surface area is 110 Å². The molecule has 1 aromatic rings. The molecule has 1 aromatic carbocycles. The van der Waals surface area contributed by atoms with Crippen LogP contribution in [0, 0.1) is 5.82 Å². The molecular formula is C13H18F3NO2. The van der Waals surface area contributed by atoms with Gasteiger partial charge >= 0.3 is 6.61 Å². The Morgan fingerprint density at radius 3 is 2.68 bits per heavy atom. The standard InChI is InChI=1S/C13H18F3NO2/c1-2-3-10(18)8-17-7-9-4-5-12(11(14)6-9)19-13(15)16/h4-6,10,13,17-18H,2-3,7-8H2,1H3. The normalized spacial score (nSPS) is 12.7. The fraction of sp³-hybridized carbons (Fsp3) is 0.538. The highest BCUT2D eigenvalue weighted by molar-refractivity contribution is 5.29. The molecule has 0 heterocycles. The molecule has 0 fully saturated rings. The fourth-order valence-electron chi connectivity index (χ4n) is 1.66. The van der Waals surface area contributed by atoms with Gasteiger partial charge in [0.1, 0.15) is 0 Å². The van der Waals surface area contributed by atoms with Crippen LogP contribution in [-0.4, -0.2) is 24.4 Å². The van der Waals surface area contributed by atoms with E-state index in [0.29, 0.717) is 25.1 Å². The molecule has 0 spiro atoms. The Hall–Kier alpha value is -1.27. The van der Waals surface area contributed by atoms with E-state index < -0.39 is 24.3 Å². The molecule has 0 aromatic heterocycles. The lowest BCUT2D eigenvalue weighted by atomic mass is 10.2. The van der Waals surface area contributed by atoms with Crippen LogP contribution in [-0.2, 0) is 6.54 Å². The van der Waals surface area contributed by atoms with Gasteiger partial charge in [-0.25, -0.2) is 4.39 Å². The van der Waals surface area contributed by atoms with E-state index in [4.69, 9.17) is 0 Å². The minimum absolute atomic E-state index is 0.354. The Morgan fingerprint density at radius 2 is 2.11 bits per heavy atom. The van der Waals surface area contributed by atoms with Gasteiger partial charge in [0.15, 0.2) is 11.6 Å². The molecule has 0 saturated heterocycles. The summed E-state index contributed by atoms with van der Waals surface area (Å²) in [6, 6.07) is 3.80. The lowest BCUT2D eigenvalue weighted by molar-refractivity contribution is -0.0522. The number of hydrogen-bond acceptors (Lipinski definition) is 3. The largest absolute Gasteiger partial charge is 0.432 e. The molecule has 6 heteroatoms. The molecule has 0 aliphatic heterocycles. The third-order valence-electron chi connectivity index (χ3n) is 2.54. The molecule has 1 unspecified atom stereocenters. The first-order valence-corrected chi connectivity index (χ1v) is 6.15. The van der Waals surface area contributed by atoms with Gasteiger partial charge in [-0.05, 0) is 24.1 Å². The third kappa shape index (κ3) is 5.94. The number of halogens is 3. The van der Waals surface area contributed by atoms with Gasteiger partial charge in [-0.3, -0.25) is 0 Å². The highest BCUT2D eigenvalue weighted by atomic mass is 19.3. The van der Waals surface area contributed by atoms with E-state index in [0.717, 1.165) is 12.5 Å². The Kier molecular flexibility index (Phi) is 6.66. The average molecular weight is 277 g/mol. The van der Waals surface area contributed by atoms with Crippen LogP contribution in [0.2, 0.25) is 0 Å². The van der Waals surface area contributed by atoms with Gasteiger partial charge in [0.2, 0.25) is 0 Å². The van der Waals surface area contributed by atoms with Crippen molar-refractivity contribution in [2.24, 2.45) is 0 Å². The molecule has 108 valence electrons. The first kappa shape index (κ1) is 15.8. The van der Waals surface area contributed by atoms with Gasteiger partial charge in [-0.15, -0.1) is 0 Å². The van der Waals surface area contributed by atoms with Gasteiger partial charge in [0, 0.05) is 13.1 Å². The molecule has 0 radical (unpaired) electrons. The summed E-state index contributed by atoms with van der Waals surface area (Å²) in [5.41, 5.74) is 0.600. The summed E-state index contributed by atoms with van der Waals surface area (Å²) in [5, 5.41) is 12.5. The van der Waals surface area contributed by atoms with Crippen LogP contribution >= 0.6 is 0 Å². The van der Waals surface area contributed by atoms with E-state index in [1.807, 2.05) is 6.92 Å². The molecule has 0 saturated carbocycles. The fourth-order valence-corrected chi connectivity index (χ4v) is 1.66. The van der Waals surface area contributed by atoms with Crippen LogP contribution in [0.25, 0.3) is 0 Å². The molecule has 3 nitrogen and oxygen atoms in total. The predicted molar refractivity (Wildman–Crippen MR) is 65.7 cm³/mol. The van der Waals surface area contributed by atoms with Crippen LogP contribution in [0.4, 0.5) is 13.2 Å². The number of aliphatic hydroxyl groups excluding tert-OH is 1. The highest BCUT2D eigenvalue weighted by Crippen LogP contribution is 2.20. The zero-order valence-corrected chi connectivity index (χ0v) is 10.7. The smallest absolute Gasteiger partial charge is 0.387 e. The van der Waals surface area contributed by atoms with Crippen LogP contribution in [0.1, 0.15) is 25.3 Å². The maximum absolute atomic E-state index is 13.4. The van der Waals surface area contributed by atoms with E-state index in [1.165, 1.54) is 12.1 Å². The Morgan fingerprint density at radius 1 is 1.37 bits per heavy atom. The van der Waals surface area contributed by atoms with Gasteiger partial charge in [-0.2, -0.15) is 8.78 Å². The number of rotatable bonds is 8. The summed E-state index contributed by atoms with van der Waals surface area (Å²) in [7, 11) is 0. The Bertz CT molecular complexity index is 388. The van der Waals surface area contributed by atoms with Gasteiger partial charge in [0.25, 0.3) is 0 Å². The minimum Gasteiger partial charge on any atom is -0.432 e. The quantitative estimate of drug-likeness (QED) is 0.767. The molecule has 2 N–H and O–H groups in total. The van der Waals surface area contributed by atoms with Crippen molar-refractivity contribution in [3.05, 3.63) is 29.6 Å². The van der Waals surface area contributed by atoms with Crippen LogP contribution in [0.15, 0.2) is 18.2 Å². The molecular weight excluding hydrogens is 259 g/mol. The second-order valence-corrected chi connectivity index (χ2v) is 4.22. The van der Waals surface area contributed by atoms with E-state index in [-0.39, 0.29) is 0 Å². The second kappa shape index (κ2) is 8.01. The summed E-state index contributed by atoms with van der Waals surface area (Å²) < 4.78 is 41.3. The summed E-state index contributed by atoms with van der Waals surface area (Å²) in [5.74, 6) is -1.29. The van der Waals surface area contributed by atoms with Crippen molar-refractivity contribution in [2.75, 3.05) is 6.54 Å². The van der Waals surface area contributed by atoms with Crippen molar-refractivity contribution in [1.82, 2.24) is 5.32 Å². The van der Waals surface area contributed by atoms with E-state index in [9.17, 15) is 18.3 Å². The molecule has 0 aliphatic rings. The number of ether oxygens (including phenoxy) is 1. The minimum atomic E-state index is -3.04. The maximum atomic E-state index is 13.4. The van der Waals surface area contributed by atoms with E-state index >= 15 is 0 Å². The van der Waals surface area contributed by atoms with E-state index in [2.05, 4.69) is 10.1 Å².